The largest absolute Gasteiger partial charge is 0.505 e. The summed E-state index contributed by atoms with van der Waals surface area (Å²) < 4.78 is 4.77. The lowest BCUT2D eigenvalue weighted by molar-refractivity contribution is 0.0516. The minimum atomic E-state index is -0.741. The van der Waals surface area contributed by atoms with E-state index in [1.54, 1.807) is 25.1 Å². The van der Waals surface area contributed by atoms with Gasteiger partial charge in [0.15, 0.2) is 11.4 Å². The molecule has 0 unspecified atom stereocenters. The molecule has 2 N–H and O–H groups in total. The van der Waals surface area contributed by atoms with E-state index in [-0.39, 0.29) is 18.1 Å². The van der Waals surface area contributed by atoms with E-state index < -0.39 is 11.5 Å². The molecule has 1 aromatic heterocycles. The fourth-order valence-corrected chi connectivity index (χ4v) is 1.78. The average molecular weight is 247 g/mol. The monoisotopic (exact) mass is 247 g/mol. The summed E-state index contributed by atoms with van der Waals surface area (Å²) in [6, 6.07) is 5.03. The van der Waals surface area contributed by atoms with Gasteiger partial charge in [-0.15, -0.1) is 0 Å². The molecule has 0 bridgehead atoms. The van der Waals surface area contributed by atoms with Crippen LogP contribution in [0.1, 0.15) is 23.0 Å². The van der Waals surface area contributed by atoms with Crippen LogP contribution in [-0.4, -0.2) is 22.7 Å². The first-order valence-corrected chi connectivity index (χ1v) is 5.57. The fourth-order valence-electron chi connectivity index (χ4n) is 1.78. The van der Waals surface area contributed by atoms with Crippen molar-refractivity contribution >= 4 is 16.7 Å². The van der Waals surface area contributed by atoms with Gasteiger partial charge in [-0.1, -0.05) is 17.7 Å². The maximum absolute atomic E-state index is 11.8. The van der Waals surface area contributed by atoms with Crippen LogP contribution in [0, 0.1) is 6.92 Å². The van der Waals surface area contributed by atoms with Gasteiger partial charge >= 0.3 is 5.97 Å². The SMILES string of the molecule is CCOC(=O)c1[nH]c(=O)c2cc(C)ccc2c1O. The molecule has 0 spiro atoms. The Labute approximate surface area is 103 Å². The number of fused-ring (bicyclic) bond motifs is 1. The van der Waals surface area contributed by atoms with Crippen molar-refractivity contribution in [2.75, 3.05) is 6.61 Å². The highest BCUT2D eigenvalue weighted by molar-refractivity contribution is 5.98. The van der Waals surface area contributed by atoms with Crippen LogP contribution < -0.4 is 5.56 Å². The van der Waals surface area contributed by atoms with E-state index in [1.807, 2.05) is 6.92 Å². The molecule has 5 heteroatoms. The van der Waals surface area contributed by atoms with Gasteiger partial charge in [-0.3, -0.25) is 4.79 Å². The summed E-state index contributed by atoms with van der Waals surface area (Å²) in [7, 11) is 0. The Morgan fingerprint density at radius 2 is 2.11 bits per heavy atom. The Hall–Kier alpha value is -2.30. The lowest BCUT2D eigenvalue weighted by Crippen LogP contribution is -2.15. The number of hydrogen-bond donors (Lipinski definition) is 2. The molecule has 1 heterocycles. The number of pyridine rings is 1. The van der Waals surface area contributed by atoms with Crippen molar-refractivity contribution in [3.05, 3.63) is 39.8 Å². The first kappa shape index (κ1) is 12.2. The number of esters is 1. The number of aromatic hydroxyl groups is 1. The number of aromatic nitrogens is 1. The standard InChI is InChI=1S/C13H13NO4/c1-3-18-13(17)10-11(15)8-5-4-7(2)6-9(8)12(16)14-10/h4-6,15H,3H2,1-2H3,(H,14,16). The molecule has 18 heavy (non-hydrogen) atoms. The number of nitrogens with one attached hydrogen (secondary N) is 1. The Morgan fingerprint density at radius 3 is 2.78 bits per heavy atom. The Morgan fingerprint density at radius 1 is 1.39 bits per heavy atom. The maximum Gasteiger partial charge on any atom is 0.358 e. The number of carbonyl (C=O) groups is 1. The highest BCUT2D eigenvalue weighted by Crippen LogP contribution is 2.25. The topological polar surface area (TPSA) is 79.4 Å². The van der Waals surface area contributed by atoms with Crippen LogP contribution in [0.4, 0.5) is 0 Å². The average Bonchev–Trinajstić information content (AvgIpc) is 2.34. The highest BCUT2D eigenvalue weighted by atomic mass is 16.5. The van der Waals surface area contributed by atoms with E-state index in [0.29, 0.717) is 10.8 Å². The Balaban J connectivity index is 2.73. The predicted octanol–water partition coefficient (Wildman–Crippen LogP) is 1.72. The van der Waals surface area contributed by atoms with E-state index in [2.05, 4.69) is 4.98 Å². The quantitative estimate of drug-likeness (QED) is 0.792. The van der Waals surface area contributed by atoms with Crippen molar-refractivity contribution in [3.8, 4) is 5.75 Å². The normalized spacial score (nSPS) is 10.6. The number of carbonyl (C=O) groups excluding carboxylic acids is 1. The lowest BCUT2D eigenvalue weighted by atomic mass is 10.1. The summed E-state index contributed by atoms with van der Waals surface area (Å²) in [6.45, 7) is 3.67. The smallest absolute Gasteiger partial charge is 0.358 e. The van der Waals surface area contributed by atoms with Crippen LogP contribution in [0.25, 0.3) is 10.8 Å². The molecular weight excluding hydrogens is 234 g/mol. The van der Waals surface area contributed by atoms with Gasteiger partial charge in [-0.2, -0.15) is 0 Å². The molecule has 0 saturated carbocycles. The molecule has 94 valence electrons. The zero-order chi connectivity index (χ0) is 13.3. The third-order valence-electron chi connectivity index (χ3n) is 2.63. The van der Waals surface area contributed by atoms with Gasteiger partial charge in [0.1, 0.15) is 0 Å². The van der Waals surface area contributed by atoms with Crippen molar-refractivity contribution < 1.29 is 14.6 Å². The minimum Gasteiger partial charge on any atom is -0.505 e. The number of ether oxygens (including phenoxy) is 1. The van der Waals surface area contributed by atoms with E-state index in [0.717, 1.165) is 5.56 Å². The first-order chi connectivity index (χ1) is 8.54. The fraction of sp³-hybridized carbons (Fsp3) is 0.231. The van der Waals surface area contributed by atoms with E-state index >= 15 is 0 Å². The number of aryl methyl sites for hydroxylation is 1. The van der Waals surface area contributed by atoms with E-state index in [9.17, 15) is 14.7 Å². The maximum atomic E-state index is 11.8. The Bertz CT molecular complexity index is 672. The molecule has 5 nitrogen and oxygen atoms in total. The summed E-state index contributed by atoms with van der Waals surface area (Å²) in [5, 5.41) is 10.7. The second kappa shape index (κ2) is 4.52. The van der Waals surface area contributed by atoms with Crippen LogP contribution in [0.2, 0.25) is 0 Å². The molecule has 2 rings (SSSR count). The molecule has 0 fully saturated rings. The molecule has 1 aromatic carbocycles. The number of hydrogen-bond acceptors (Lipinski definition) is 4. The second-order valence-electron chi connectivity index (χ2n) is 3.95. The first-order valence-electron chi connectivity index (χ1n) is 5.57. The lowest BCUT2D eigenvalue weighted by Gasteiger charge is -2.07. The number of benzene rings is 1. The van der Waals surface area contributed by atoms with Crippen molar-refractivity contribution in [3.63, 3.8) is 0 Å². The summed E-state index contributed by atoms with van der Waals surface area (Å²) in [5.41, 5.74) is 0.268. The summed E-state index contributed by atoms with van der Waals surface area (Å²) >= 11 is 0. The highest BCUT2D eigenvalue weighted by Gasteiger charge is 2.17. The van der Waals surface area contributed by atoms with Gasteiger partial charge in [0.25, 0.3) is 5.56 Å². The molecule has 0 aliphatic carbocycles. The van der Waals surface area contributed by atoms with Gasteiger partial charge in [-0.05, 0) is 19.9 Å². The Kier molecular flexibility index (Phi) is 3.06. The molecule has 0 aliphatic heterocycles. The van der Waals surface area contributed by atoms with Crippen LogP contribution in [0.5, 0.6) is 5.75 Å². The summed E-state index contributed by atoms with van der Waals surface area (Å²) in [6.07, 6.45) is 0. The minimum absolute atomic E-state index is 0.173. The third-order valence-corrected chi connectivity index (χ3v) is 2.63. The summed E-state index contributed by atoms with van der Waals surface area (Å²) in [5.74, 6) is -1.00. The molecule has 0 saturated heterocycles. The molecule has 0 amide bonds. The predicted molar refractivity (Wildman–Crippen MR) is 66.9 cm³/mol. The number of rotatable bonds is 2. The van der Waals surface area contributed by atoms with Crippen LogP contribution >= 0.6 is 0 Å². The third kappa shape index (κ3) is 1.95. The second-order valence-corrected chi connectivity index (χ2v) is 3.95. The molecule has 0 aliphatic rings. The van der Waals surface area contributed by atoms with Crippen LogP contribution in [-0.2, 0) is 4.74 Å². The number of H-pyrrole nitrogens is 1. The van der Waals surface area contributed by atoms with Crippen molar-refractivity contribution in [1.82, 2.24) is 4.98 Å². The molecule has 2 aromatic rings. The zero-order valence-electron chi connectivity index (χ0n) is 10.1. The van der Waals surface area contributed by atoms with Gasteiger partial charge < -0.3 is 14.8 Å². The van der Waals surface area contributed by atoms with Gasteiger partial charge in [0, 0.05) is 5.39 Å². The van der Waals surface area contributed by atoms with Gasteiger partial charge in [0.05, 0.1) is 12.0 Å². The van der Waals surface area contributed by atoms with Crippen molar-refractivity contribution in [1.29, 1.82) is 0 Å². The number of aromatic amines is 1. The molecule has 0 radical (unpaired) electrons. The zero-order valence-corrected chi connectivity index (χ0v) is 10.1. The van der Waals surface area contributed by atoms with E-state index in [4.69, 9.17) is 4.74 Å². The van der Waals surface area contributed by atoms with Crippen LogP contribution in [0.3, 0.4) is 0 Å². The van der Waals surface area contributed by atoms with E-state index in [1.165, 1.54) is 0 Å². The van der Waals surface area contributed by atoms with Crippen LogP contribution in [0.15, 0.2) is 23.0 Å². The van der Waals surface area contributed by atoms with Crippen molar-refractivity contribution in [2.24, 2.45) is 0 Å². The summed E-state index contributed by atoms with van der Waals surface area (Å²) in [4.78, 5) is 25.8. The van der Waals surface area contributed by atoms with Gasteiger partial charge in [-0.25, -0.2) is 4.79 Å². The van der Waals surface area contributed by atoms with Gasteiger partial charge in [0.2, 0.25) is 0 Å². The molecular formula is C13H13NO4. The molecule has 0 atom stereocenters. The van der Waals surface area contributed by atoms with Crippen molar-refractivity contribution in [2.45, 2.75) is 13.8 Å².